The van der Waals surface area contributed by atoms with E-state index in [0.29, 0.717) is 11.3 Å². The zero-order valence-corrected chi connectivity index (χ0v) is 13.7. The van der Waals surface area contributed by atoms with Crippen LogP contribution in [-0.2, 0) is 9.59 Å². The summed E-state index contributed by atoms with van der Waals surface area (Å²) in [5.41, 5.74) is 0.312. The highest BCUT2D eigenvalue weighted by Gasteiger charge is 2.32. The van der Waals surface area contributed by atoms with Gasteiger partial charge in [0, 0.05) is 11.6 Å². The van der Waals surface area contributed by atoms with Gasteiger partial charge in [-0.2, -0.15) is 5.10 Å². The molecule has 1 aromatic carbocycles. The highest BCUT2D eigenvalue weighted by Crippen LogP contribution is 2.33. The first-order chi connectivity index (χ1) is 11.4. The van der Waals surface area contributed by atoms with E-state index >= 15 is 0 Å². The normalized spacial score (nSPS) is 18.8. The van der Waals surface area contributed by atoms with Gasteiger partial charge in [-0.15, -0.1) is 5.10 Å². The molecule has 2 rings (SSSR count). The number of carboxylic acids is 1. The Morgan fingerprint density at radius 3 is 2.79 bits per heavy atom. The number of phenolic OH excluding ortho intramolecular Hbond substituents is 1. The fourth-order valence-corrected chi connectivity index (χ4v) is 2.78. The van der Waals surface area contributed by atoms with Crippen LogP contribution in [0.3, 0.4) is 0 Å². The van der Waals surface area contributed by atoms with Crippen molar-refractivity contribution >= 4 is 35.0 Å². The minimum absolute atomic E-state index is 0.130. The van der Waals surface area contributed by atoms with Gasteiger partial charge < -0.3 is 25.0 Å². The maximum atomic E-state index is 11.6. The number of carboxylic acid groups (broad SMARTS) is 1. The molecule has 1 unspecified atom stereocenters. The molecule has 0 saturated carbocycles. The third-order valence-corrected chi connectivity index (χ3v) is 4.09. The van der Waals surface area contributed by atoms with E-state index in [2.05, 4.69) is 15.5 Å². The Labute approximate surface area is 141 Å². The summed E-state index contributed by atoms with van der Waals surface area (Å²) >= 11 is 0.985. The number of ether oxygens (including phenoxy) is 2. The zero-order valence-electron chi connectivity index (χ0n) is 12.8. The number of carbonyl (C=O) groups excluding carboxylic acids is 1. The van der Waals surface area contributed by atoms with Gasteiger partial charge in [-0.3, -0.25) is 9.59 Å². The van der Waals surface area contributed by atoms with Gasteiger partial charge in [0.05, 0.1) is 26.9 Å². The largest absolute Gasteiger partial charge is 0.504 e. The van der Waals surface area contributed by atoms with Crippen molar-refractivity contribution in [3.63, 3.8) is 0 Å². The number of nitrogens with zero attached hydrogens (tertiary/aromatic N) is 2. The Morgan fingerprint density at radius 1 is 1.42 bits per heavy atom. The number of phenols is 1. The summed E-state index contributed by atoms with van der Waals surface area (Å²) in [6.07, 6.45) is 0.970. The number of hydrogen-bond acceptors (Lipinski definition) is 8. The van der Waals surface area contributed by atoms with Crippen LogP contribution >= 0.6 is 11.8 Å². The molecular weight excluding hydrogens is 338 g/mol. The zero-order chi connectivity index (χ0) is 17.7. The minimum Gasteiger partial charge on any atom is -0.504 e. The van der Waals surface area contributed by atoms with Crippen molar-refractivity contribution in [2.45, 2.75) is 11.7 Å². The van der Waals surface area contributed by atoms with Crippen LogP contribution in [0.25, 0.3) is 0 Å². The van der Waals surface area contributed by atoms with Crippen molar-refractivity contribution in [2.75, 3.05) is 14.2 Å². The molecule has 10 heteroatoms. The Hall–Kier alpha value is -2.75. The molecule has 3 N–H and O–H groups in total. The SMILES string of the molecule is COc1cc(C=NN=C2NC(=O)C(CC(=O)O)S2)c(O)c(OC)c1. The average molecular weight is 353 g/mol. The summed E-state index contributed by atoms with van der Waals surface area (Å²) in [7, 11) is 2.88. The van der Waals surface area contributed by atoms with Crippen molar-refractivity contribution < 1.29 is 29.3 Å². The molecule has 1 aromatic rings. The van der Waals surface area contributed by atoms with Crippen LogP contribution in [0.2, 0.25) is 0 Å². The Bertz CT molecular complexity index is 719. The Kier molecular flexibility index (Phi) is 5.64. The molecule has 128 valence electrons. The standard InChI is InChI=1S/C14H15N3O6S/c1-22-8-3-7(12(20)9(4-8)23-2)6-15-17-14-16-13(21)10(24-14)5-11(18)19/h3-4,6,10,20H,5H2,1-2H3,(H,18,19)(H,16,17,21). The Balaban J connectivity index is 2.14. The van der Waals surface area contributed by atoms with E-state index in [1.54, 1.807) is 0 Å². The number of aromatic hydroxyl groups is 1. The second-order valence-electron chi connectivity index (χ2n) is 4.61. The first kappa shape index (κ1) is 17.6. The lowest BCUT2D eigenvalue weighted by Gasteiger charge is -2.08. The summed E-state index contributed by atoms with van der Waals surface area (Å²) in [5.74, 6) is -0.950. The minimum atomic E-state index is -1.07. The number of benzene rings is 1. The van der Waals surface area contributed by atoms with Gasteiger partial charge in [-0.1, -0.05) is 11.8 Å². The predicted octanol–water partition coefficient (Wildman–Crippen LogP) is 0.806. The topological polar surface area (TPSA) is 130 Å². The number of nitrogens with one attached hydrogen (secondary N) is 1. The number of amidine groups is 1. The first-order valence-corrected chi connectivity index (χ1v) is 7.58. The smallest absolute Gasteiger partial charge is 0.305 e. The lowest BCUT2D eigenvalue weighted by atomic mass is 10.2. The molecule has 0 aromatic heterocycles. The summed E-state index contributed by atoms with van der Waals surface area (Å²) in [6, 6.07) is 3.05. The van der Waals surface area contributed by atoms with E-state index in [-0.39, 0.29) is 23.1 Å². The molecule has 0 radical (unpaired) electrons. The molecule has 1 atom stereocenters. The molecule has 1 heterocycles. The van der Waals surface area contributed by atoms with Crippen LogP contribution in [0.4, 0.5) is 0 Å². The van der Waals surface area contributed by atoms with Gasteiger partial charge in [-0.25, -0.2) is 0 Å². The number of amides is 1. The van der Waals surface area contributed by atoms with E-state index in [1.165, 1.54) is 32.6 Å². The summed E-state index contributed by atoms with van der Waals surface area (Å²) < 4.78 is 10.1. The quantitative estimate of drug-likeness (QED) is 0.509. The number of methoxy groups -OCH3 is 2. The third kappa shape index (κ3) is 4.16. The van der Waals surface area contributed by atoms with Crippen LogP contribution in [-0.4, -0.2) is 52.9 Å². The van der Waals surface area contributed by atoms with Crippen LogP contribution in [0.15, 0.2) is 22.3 Å². The van der Waals surface area contributed by atoms with Gasteiger partial charge in [0.25, 0.3) is 0 Å². The van der Waals surface area contributed by atoms with E-state index in [1.807, 2.05) is 0 Å². The van der Waals surface area contributed by atoms with Crippen LogP contribution in [0.1, 0.15) is 12.0 Å². The fraction of sp³-hybridized carbons (Fsp3) is 0.286. The number of hydrogen-bond donors (Lipinski definition) is 3. The van der Waals surface area contributed by atoms with Gasteiger partial charge >= 0.3 is 5.97 Å². The fourth-order valence-electron chi connectivity index (χ4n) is 1.86. The van der Waals surface area contributed by atoms with Crippen molar-refractivity contribution in [1.82, 2.24) is 5.32 Å². The summed E-state index contributed by atoms with van der Waals surface area (Å²) in [6.45, 7) is 0. The lowest BCUT2D eigenvalue weighted by molar-refractivity contribution is -0.138. The molecule has 0 aliphatic carbocycles. The Morgan fingerprint density at radius 2 is 2.17 bits per heavy atom. The average Bonchev–Trinajstić information content (AvgIpc) is 2.88. The maximum Gasteiger partial charge on any atom is 0.305 e. The maximum absolute atomic E-state index is 11.6. The number of rotatable bonds is 6. The predicted molar refractivity (Wildman–Crippen MR) is 88.0 cm³/mol. The van der Waals surface area contributed by atoms with Crippen molar-refractivity contribution in [3.8, 4) is 17.2 Å². The second-order valence-corrected chi connectivity index (χ2v) is 5.80. The summed E-state index contributed by atoms with van der Waals surface area (Å²) in [5, 5.41) is 28.2. The molecular formula is C14H15N3O6S. The van der Waals surface area contributed by atoms with Gasteiger partial charge in [0.2, 0.25) is 5.91 Å². The molecule has 0 spiro atoms. The lowest BCUT2D eigenvalue weighted by Crippen LogP contribution is -2.26. The molecule has 24 heavy (non-hydrogen) atoms. The molecule has 1 aliphatic rings. The van der Waals surface area contributed by atoms with Gasteiger partial charge in [0.1, 0.15) is 11.0 Å². The van der Waals surface area contributed by atoms with E-state index < -0.39 is 17.1 Å². The number of aliphatic carboxylic acids is 1. The van der Waals surface area contributed by atoms with Crippen molar-refractivity contribution in [1.29, 1.82) is 0 Å². The van der Waals surface area contributed by atoms with Gasteiger partial charge in [0.15, 0.2) is 16.7 Å². The van der Waals surface area contributed by atoms with Crippen LogP contribution in [0, 0.1) is 0 Å². The number of thioether (sulfide) groups is 1. The van der Waals surface area contributed by atoms with Crippen molar-refractivity contribution in [2.24, 2.45) is 10.2 Å². The molecule has 9 nitrogen and oxygen atoms in total. The monoisotopic (exact) mass is 353 g/mol. The van der Waals surface area contributed by atoms with Crippen LogP contribution in [0.5, 0.6) is 17.2 Å². The molecule has 1 saturated heterocycles. The third-order valence-electron chi connectivity index (χ3n) is 3.02. The van der Waals surface area contributed by atoms with Crippen LogP contribution < -0.4 is 14.8 Å². The summed E-state index contributed by atoms with van der Waals surface area (Å²) in [4.78, 5) is 22.2. The van der Waals surface area contributed by atoms with E-state index in [9.17, 15) is 14.7 Å². The molecule has 1 amide bonds. The first-order valence-electron chi connectivity index (χ1n) is 6.70. The molecule has 1 aliphatic heterocycles. The molecule has 0 bridgehead atoms. The van der Waals surface area contributed by atoms with Crippen molar-refractivity contribution in [3.05, 3.63) is 17.7 Å². The highest BCUT2D eigenvalue weighted by atomic mass is 32.2. The van der Waals surface area contributed by atoms with Gasteiger partial charge in [-0.05, 0) is 6.07 Å². The van der Waals surface area contributed by atoms with E-state index in [4.69, 9.17) is 14.6 Å². The van der Waals surface area contributed by atoms with E-state index in [0.717, 1.165) is 11.8 Å². The second kappa shape index (κ2) is 7.68. The molecule has 1 fully saturated rings. The highest BCUT2D eigenvalue weighted by molar-refractivity contribution is 8.15. The number of carbonyl (C=O) groups is 2.